The van der Waals surface area contributed by atoms with Gasteiger partial charge >= 0.3 is 0 Å². The molecule has 2 heteroatoms. The Labute approximate surface area is 202 Å². The standard InChI is InChI=1S/C8H16.C8H14.2C7H14O/c2*1-7-3-5-8(2)6-4-7;2*1-6-3-4-7(2)8-5-6/h7-8H,3-6H2,1-2H3;3,8H,4-6H2,1-2H3;2*6-7H,3-5H2,1-2H3. The minimum absolute atomic E-state index is 0.520. The van der Waals surface area contributed by atoms with Crippen LogP contribution < -0.4 is 0 Å². The number of hydrogen-bond donors (Lipinski definition) is 0. The minimum Gasteiger partial charge on any atom is -0.378 e. The van der Waals surface area contributed by atoms with Gasteiger partial charge in [-0.1, -0.05) is 72.0 Å². The zero-order chi connectivity index (χ0) is 23.9. The van der Waals surface area contributed by atoms with Crippen molar-refractivity contribution in [1.82, 2.24) is 0 Å². The number of hydrogen-bond acceptors (Lipinski definition) is 2. The van der Waals surface area contributed by atoms with Gasteiger partial charge in [0, 0.05) is 13.2 Å². The lowest BCUT2D eigenvalue weighted by Crippen LogP contribution is -2.21. The van der Waals surface area contributed by atoms with Gasteiger partial charge in [-0.3, -0.25) is 0 Å². The van der Waals surface area contributed by atoms with Gasteiger partial charge in [-0.05, 0) is 95.3 Å². The number of rotatable bonds is 0. The zero-order valence-electron chi connectivity index (χ0n) is 23.1. The lowest BCUT2D eigenvalue weighted by atomic mass is 9.84. The largest absolute Gasteiger partial charge is 0.378 e. The lowest BCUT2D eigenvalue weighted by molar-refractivity contribution is 0.000174. The first kappa shape index (κ1) is 29.7. The molecule has 0 aromatic carbocycles. The molecule has 0 bridgehead atoms. The first-order valence-corrected chi connectivity index (χ1v) is 14.0. The molecule has 2 aliphatic heterocycles. The van der Waals surface area contributed by atoms with Crippen molar-refractivity contribution in [3.05, 3.63) is 11.6 Å². The molecular weight excluding hydrogens is 392 g/mol. The van der Waals surface area contributed by atoms with Crippen molar-refractivity contribution in [3.63, 3.8) is 0 Å². The van der Waals surface area contributed by atoms with Crippen LogP contribution in [0.15, 0.2) is 11.6 Å². The van der Waals surface area contributed by atoms with Gasteiger partial charge in [-0.25, -0.2) is 0 Å². The van der Waals surface area contributed by atoms with E-state index in [-0.39, 0.29) is 0 Å². The molecule has 4 rings (SSSR count). The summed E-state index contributed by atoms with van der Waals surface area (Å²) in [5.74, 6) is 4.58. The highest BCUT2D eigenvalue weighted by Crippen LogP contribution is 2.27. The summed E-state index contributed by atoms with van der Waals surface area (Å²) in [6, 6.07) is 0. The molecule has 3 fully saturated rings. The van der Waals surface area contributed by atoms with Crippen LogP contribution in [0.5, 0.6) is 0 Å². The van der Waals surface area contributed by atoms with Gasteiger partial charge in [0.15, 0.2) is 0 Å². The Morgan fingerprint density at radius 3 is 1.19 bits per heavy atom. The molecule has 2 heterocycles. The molecule has 2 aliphatic carbocycles. The Morgan fingerprint density at radius 1 is 0.531 bits per heavy atom. The average molecular weight is 451 g/mol. The zero-order valence-corrected chi connectivity index (χ0v) is 23.1. The number of ether oxygens (including phenoxy) is 2. The van der Waals surface area contributed by atoms with E-state index in [1.807, 2.05) is 0 Å². The summed E-state index contributed by atoms with van der Waals surface area (Å²) in [6.07, 6.45) is 18.6. The fraction of sp³-hybridized carbons (Fsp3) is 0.933. The first-order chi connectivity index (χ1) is 15.2. The molecule has 2 saturated heterocycles. The highest BCUT2D eigenvalue weighted by Gasteiger charge is 2.14. The van der Waals surface area contributed by atoms with E-state index in [4.69, 9.17) is 9.47 Å². The molecule has 5 atom stereocenters. The minimum atomic E-state index is 0.520. The van der Waals surface area contributed by atoms with E-state index in [0.717, 1.165) is 42.8 Å². The molecule has 190 valence electrons. The van der Waals surface area contributed by atoms with Gasteiger partial charge in [-0.2, -0.15) is 0 Å². The third-order valence-electron chi connectivity index (χ3n) is 7.67. The molecule has 4 aliphatic rings. The van der Waals surface area contributed by atoms with E-state index in [2.05, 4.69) is 61.5 Å². The molecule has 32 heavy (non-hydrogen) atoms. The molecule has 2 nitrogen and oxygen atoms in total. The third-order valence-corrected chi connectivity index (χ3v) is 7.67. The quantitative estimate of drug-likeness (QED) is 0.342. The van der Waals surface area contributed by atoms with E-state index in [1.165, 1.54) is 70.6 Å². The van der Waals surface area contributed by atoms with E-state index >= 15 is 0 Å². The maximum atomic E-state index is 5.39. The lowest BCUT2D eigenvalue weighted by Gasteiger charge is -2.23. The summed E-state index contributed by atoms with van der Waals surface area (Å²) < 4.78 is 10.8. The fourth-order valence-corrected chi connectivity index (χ4v) is 4.55. The summed E-state index contributed by atoms with van der Waals surface area (Å²) >= 11 is 0. The summed E-state index contributed by atoms with van der Waals surface area (Å²) in [7, 11) is 0. The smallest absolute Gasteiger partial charge is 0.0547 e. The first-order valence-electron chi connectivity index (χ1n) is 14.0. The maximum absolute atomic E-state index is 5.39. The van der Waals surface area contributed by atoms with Crippen LogP contribution in [0.2, 0.25) is 0 Å². The Balaban J connectivity index is 0.000000213. The molecule has 0 spiro atoms. The van der Waals surface area contributed by atoms with Gasteiger partial charge in [0.25, 0.3) is 0 Å². The van der Waals surface area contributed by atoms with Crippen LogP contribution in [0.3, 0.4) is 0 Å². The second kappa shape index (κ2) is 17.1. The Bertz CT molecular complexity index is 384. The normalized spacial score (nSPS) is 37.2. The van der Waals surface area contributed by atoms with Crippen LogP contribution in [0.4, 0.5) is 0 Å². The molecule has 0 aromatic heterocycles. The second-order valence-corrected chi connectivity index (χ2v) is 11.9. The Morgan fingerprint density at radius 2 is 0.938 bits per heavy atom. The van der Waals surface area contributed by atoms with Crippen LogP contribution in [0.25, 0.3) is 0 Å². The SMILES string of the molecule is CC1=CCC(C)CC1.CC1CCC(C)CC1.CC1CCC(C)OC1.CC1CCC(C)OC1. The van der Waals surface area contributed by atoms with Crippen LogP contribution in [-0.2, 0) is 9.47 Å². The molecule has 5 unspecified atom stereocenters. The van der Waals surface area contributed by atoms with Crippen LogP contribution in [0, 0.1) is 29.6 Å². The van der Waals surface area contributed by atoms with E-state index in [1.54, 1.807) is 5.57 Å². The van der Waals surface area contributed by atoms with Crippen molar-refractivity contribution in [2.24, 2.45) is 29.6 Å². The molecule has 0 N–H and O–H groups in total. The number of allylic oxidation sites excluding steroid dienone is 2. The van der Waals surface area contributed by atoms with E-state index in [9.17, 15) is 0 Å². The van der Waals surface area contributed by atoms with E-state index < -0.39 is 0 Å². The molecule has 0 radical (unpaired) electrons. The summed E-state index contributed by atoms with van der Waals surface area (Å²) in [5, 5.41) is 0. The molecule has 1 saturated carbocycles. The Hall–Kier alpha value is -0.340. The van der Waals surface area contributed by atoms with Gasteiger partial charge in [-0.15, -0.1) is 0 Å². The van der Waals surface area contributed by atoms with Crippen molar-refractivity contribution in [1.29, 1.82) is 0 Å². The molecule has 0 aromatic rings. The van der Waals surface area contributed by atoms with Crippen LogP contribution >= 0.6 is 0 Å². The van der Waals surface area contributed by atoms with Crippen molar-refractivity contribution in [3.8, 4) is 0 Å². The maximum Gasteiger partial charge on any atom is 0.0547 e. The molecular formula is C30H58O2. The van der Waals surface area contributed by atoms with Crippen molar-refractivity contribution in [2.45, 2.75) is 138 Å². The third kappa shape index (κ3) is 15.5. The Kier molecular flexibility index (Phi) is 15.9. The van der Waals surface area contributed by atoms with Gasteiger partial charge in [0.1, 0.15) is 0 Å². The monoisotopic (exact) mass is 450 g/mol. The van der Waals surface area contributed by atoms with Crippen molar-refractivity contribution < 1.29 is 9.47 Å². The molecule has 0 amide bonds. The topological polar surface area (TPSA) is 18.5 Å². The van der Waals surface area contributed by atoms with Crippen molar-refractivity contribution >= 4 is 0 Å². The predicted octanol–water partition coefficient (Wildman–Crippen LogP) is 9.23. The van der Waals surface area contributed by atoms with Crippen LogP contribution in [0.1, 0.15) is 126 Å². The van der Waals surface area contributed by atoms with Gasteiger partial charge in [0.05, 0.1) is 12.2 Å². The fourth-order valence-electron chi connectivity index (χ4n) is 4.55. The average Bonchev–Trinajstić information content (AvgIpc) is 2.78. The van der Waals surface area contributed by atoms with E-state index in [0.29, 0.717) is 12.2 Å². The van der Waals surface area contributed by atoms with Gasteiger partial charge in [0.2, 0.25) is 0 Å². The highest BCUT2D eigenvalue weighted by atomic mass is 16.5. The summed E-state index contributed by atoms with van der Waals surface area (Å²) in [4.78, 5) is 0. The van der Waals surface area contributed by atoms with Crippen molar-refractivity contribution in [2.75, 3.05) is 13.2 Å². The second-order valence-electron chi connectivity index (χ2n) is 11.9. The predicted molar refractivity (Wildman–Crippen MR) is 141 cm³/mol. The summed E-state index contributed by atoms with van der Waals surface area (Å²) in [5.41, 5.74) is 1.59. The van der Waals surface area contributed by atoms with Gasteiger partial charge < -0.3 is 9.47 Å². The highest BCUT2D eigenvalue weighted by molar-refractivity contribution is 5.02. The van der Waals surface area contributed by atoms with Crippen LogP contribution in [-0.4, -0.2) is 25.4 Å². The summed E-state index contributed by atoms with van der Waals surface area (Å²) in [6.45, 7) is 20.0.